The van der Waals surface area contributed by atoms with Gasteiger partial charge in [-0.2, -0.15) is 3.15 Å². The fourth-order valence-corrected chi connectivity index (χ4v) is 2.09. The Labute approximate surface area is 68.9 Å². The number of fused-ring (bicyclic) bond motifs is 1. The molecule has 3 nitrogen and oxygen atoms in total. The second-order valence-corrected chi connectivity index (χ2v) is 3.81. The molecule has 0 aromatic carbocycles. The topological polar surface area (TPSA) is 30.2 Å². The molecule has 0 amide bonds. The van der Waals surface area contributed by atoms with Gasteiger partial charge in [-0.25, -0.2) is 4.98 Å². The monoisotopic (exact) mass is 247 g/mol. The molecule has 2 heterocycles. The first-order valence-electron chi connectivity index (χ1n) is 2.92. The van der Waals surface area contributed by atoms with E-state index in [4.69, 9.17) is 0 Å². The number of hydrogen-bond donors (Lipinski definition) is 0. The van der Waals surface area contributed by atoms with Crippen molar-refractivity contribution >= 4 is 33.2 Å². The molecule has 52 valence electrons. The quantitative estimate of drug-likeness (QED) is 0.647. The van der Waals surface area contributed by atoms with Crippen molar-refractivity contribution in [2.45, 2.75) is 6.92 Å². The van der Waals surface area contributed by atoms with Gasteiger partial charge in [0.15, 0.2) is 0 Å². The third-order valence-electron chi connectivity index (χ3n) is 1.23. The third kappa shape index (κ3) is 0.920. The fourth-order valence-electron chi connectivity index (χ4n) is 0.833. The Balaban J connectivity index is 2.64. The van der Waals surface area contributed by atoms with E-state index in [0.29, 0.717) is 0 Å². The molecule has 0 spiro atoms. The molecule has 0 N–H and O–H groups in total. The Kier molecular flexibility index (Phi) is 1.40. The Hall–Kier alpha value is -0.520. The van der Waals surface area contributed by atoms with Crippen LogP contribution < -0.4 is 0 Å². The van der Waals surface area contributed by atoms with Crippen LogP contribution in [0, 0.1) is 6.92 Å². The number of rotatable bonds is 0. The first-order chi connectivity index (χ1) is 4.86. The lowest BCUT2D eigenvalue weighted by atomic mass is 10.6. The summed E-state index contributed by atoms with van der Waals surface area (Å²) in [7, 11) is 0. The van der Waals surface area contributed by atoms with E-state index >= 15 is 0 Å². The highest BCUT2D eigenvalue weighted by atomic mass is 127. The normalized spacial score (nSPS) is 14.5. The lowest BCUT2D eigenvalue weighted by Crippen LogP contribution is -1.81. The van der Waals surface area contributed by atoms with E-state index in [-0.39, 0.29) is 21.0 Å². The van der Waals surface area contributed by atoms with Crippen molar-refractivity contribution in [3.8, 4) is 0 Å². The first-order valence-corrected chi connectivity index (χ1v) is 5.13. The van der Waals surface area contributed by atoms with Gasteiger partial charge in [0.05, 0.1) is 5.69 Å². The number of nitrogens with zero attached hydrogens (tertiary/aromatic N) is 3. The highest BCUT2D eigenvalue weighted by Gasteiger charge is 2.01. The molecule has 0 saturated carbocycles. The number of aromatic nitrogens is 2. The average molecular weight is 247 g/mol. The molecule has 4 heteroatoms. The highest BCUT2D eigenvalue weighted by molar-refractivity contribution is 14.2. The lowest BCUT2D eigenvalue weighted by Gasteiger charge is -1.96. The molecule has 0 bridgehead atoms. The van der Waals surface area contributed by atoms with Crippen molar-refractivity contribution in [3.05, 3.63) is 16.0 Å². The fraction of sp³-hybridized carbons (Fsp3) is 0.167. The summed E-state index contributed by atoms with van der Waals surface area (Å²) in [6.45, 7) is 1.98. The molecule has 10 heavy (non-hydrogen) atoms. The molecule has 0 aliphatic carbocycles. The maximum absolute atomic E-state index is 4.29. The minimum atomic E-state index is -0.0998. The molecular formula is C6H6IN3. The zero-order valence-electron chi connectivity index (χ0n) is 5.45. The molecule has 0 saturated heterocycles. The summed E-state index contributed by atoms with van der Waals surface area (Å²) >= 11 is -0.0998. The molecule has 0 radical (unpaired) electrons. The number of halogens is 1. The Morgan fingerprint density at radius 3 is 3.30 bits per heavy atom. The van der Waals surface area contributed by atoms with E-state index in [2.05, 4.69) is 12.2 Å². The highest BCUT2D eigenvalue weighted by Crippen LogP contribution is 2.23. The van der Waals surface area contributed by atoms with Gasteiger partial charge in [0.25, 0.3) is 0 Å². The molecule has 0 fully saturated rings. The van der Waals surface area contributed by atoms with Gasteiger partial charge in [-0.05, 0) is 6.92 Å². The number of aryl methyl sites for hydroxylation is 1. The van der Waals surface area contributed by atoms with Crippen molar-refractivity contribution < 1.29 is 0 Å². The predicted octanol–water partition coefficient (Wildman–Crippen LogP) is 2.42. The average Bonchev–Trinajstić information content (AvgIpc) is 2.27. The summed E-state index contributed by atoms with van der Waals surface area (Å²) in [5.41, 5.74) is 1.04. The molecule has 1 aliphatic heterocycles. The van der Waals surface area contributed by atoms with Gasteiger partial charge in [-0.3, -0.25) is 4.57 Å². The maximum Gasteiger partial charge on any atom is 0.239 e. The number of hydrogen-bond acceptors (Lipinski definition) is 2. The summed E-state index contributed by atoms with van der Waals surface area (Å²) in [5, 5.41) is 0. The third-order valence-corrected chi connectivity index (χ3v) is 2.58. The van der Waals surface area contributed by atoms with E-state index < -0.39 is 0 Å². The maximum atomic E-state index is 4.29. The summed E-state index contributed by atoms with van der Waals surface area (Å²) in [6, 6.07) is 0. The van der Waals surface area contributed by atoms with Crippen molar-refractivity contribution in [2.75, 3.05) is 0 Å². The minimum absolute atomic E-state index is 0.0998. The molecule has 0 unspecified atom stereocenters. The standard InChI is InChI=1S/C6H6IN3/c1-5-4-10-3-2-7-9-6(10)8-5/h2-4H,1H3. The van der Waals surface area contributed by atoms with Crippen LogP contribution >= 0.6 is 21.0 Å². The van der Waals surface area contributed by atoms with Gasteiger partial charge in [-0.15, -0.1) is 0 Å². The van der Waals surface area contributed by atoms with E-state index in [9.17, 15) is 0 Å². The van der Waals surface area contributed by atoms with Crippen molar-refractivity contribution in [3.63, 3.8) is 0 Å². The van der Waals surface area contributed by atoms with Gasteiger partial charge < -0.3 is 0 Å². The van der Waals surface area contributed by atoms with E-state index in [1.807, 2.05) is 23.9 Å². The van der Waals surface area contributed by atoms with Crippen molar-refractivity contribution in [2.24, 2.45) is 3.15 Å². The molecule has 1 aliphatic rings. The van der Waals surface area contributed by atoms with E-state index in [1.54, 1.807) is 0 Å². The summed E-state index contributed by atoms with van der Waals surface area (Å²) in [5.74, 6) is 0.868. The van der Waals surface area contributed by atoms with Crippen LogP contribution in [0.3, 0.4) is 0 Å². The van der Waals surface area contributed by atoms with Crippen LogP contribution in [0.15, 0.2) is 13.4 Å². The molecule has 2 rings (SSSR count). The Bertz CT molecular complexity index is 281. The summed E-state index contributed by atoms with van der Waals surface area (Å²) < 4.78 is 8.36. The van der Waals surface area contributed by atoms with Gasteiger partial charge in [-0.1, -0.05) is 0 Å². The SMILES string of the molecule is Cc1cn2c(n1)N=IC=C2. The van der Waals surface area contributed by atoms with Crippen LogP contribution in [0.1, 0.15) is 5.69 Å². The van der Waals surface area contributed by atoms with E-state index in [0.717, 1.165) is 11.6 Å². The Morgan fingerprint density at radius 1 is 1.60 bits per heavy atom. The minimum Gasteiger partial charge on any atom is -0.290 e. The van der Waals surface area contributed by atoms with Crippen LogP contribution in [-0.4, -0.2) is 9.55 Å². The van der Waals surface area contributed by atoms with Crippen LogP contribution in [-0.2, 0) is 0 Å². The van der Waals surface area contributed by atoms with Crippen molar-refractivity contribution in [1.82, 2.24) is 9.55 Å². The zero-order valence-corrected chi connectivity index (χ0v) is 7.61. The van der Waals surface area contributed by atoms with E-state index in [1.165, 1.54) is 0 Å². The van der Waals surface area contributed by atoms with Crippen LogP contribution in [0.4, 0.5) is 5.95 Å². The van der Waals surface area contributed by atoms with Crippen LogP contribution in [0.25, 0.3) is 6.20 Å². The lowest BCUT2D eigenvalue weighted by molar-refractivity contribution is 1.12. The smallest absolute Gasteiger partial charge is 0.239 e. The number of imidazole rings is 1. The van der Waals surface area contributed by atoms with Gasteiger partial charge in [0.1, 0.15) is 0 Å². The van der Waals surface area contributed by atoms with Gasteiger partial charge >= 0.3 is 0 Å². The summed E-state index contributed by atoms with van der Waals surface area (Å²) in [6.07, 6.45) is 4.02. The second kappa shape index (κ2) is 2.26. The Morgan fingerprint density at radius 2 is 2.50 bits per heavy atom. The zero-order chi connectivity index (χ0) is 6.97. The molecule has 1 aromatic rings. The van der Waals surface area contributed by atoms with Crippen LogP contribution in [0.2, 0.25) is 0 Å². The molecule has 0 atom stereocenters. The molecule has 1 aromatic heterocycles. The first kappa shape index (κ1) is 6.21. The van der Waals surface area contributed by atoms with Crippen LogP contribution in [0.5, 0.6) is 0 Å². The predicted molar refractivity (Wildman–Crippen MR) is 48.4 cm³/mol. The summed E-state index contributed by atoms with van der Waals surface area (Å²) in [4.78, 5) is 4.22. The van der Waals surface area contributed by atoms with Gasteiger partial charge in [0.2, 0.25) is 5.95 Å². The molecular weight excluding hydrogens is 241 g/mol. The van der Waals surface area contributed by atoms with Crippen molar-refractivity contribution in [1.29, 1.82) is 0 Å². The largest absolute Gasteiger partial charge is 0.290 e. The second-order valence-electron chi connectivity index (χ2n) is 2.05. The van der Waals surface area contributed by atoms with Gasteiger partial charge in [0, 0.05) is 37.5 Å².